The van der Waals surface area contributed by atoms with Gasteiger partial charge in [-0.25, -0.2) is 0 Å². The summed E-state index contributed by atoms with van der Waals surface area (Å²) in [7, 11) is 0. The molecule has 1 aliphatic carbocycles. The van der Waals surface area contributed by atoms with Crippen LogP contribution in [0.15, 0.2) is 0 Å². The molecule has 2 amide bonds. The van der Waals surface area contributed by atoms with Gasteiger partial charge in [0.2, 0.25) is 11.8 Å². The van der Waals surface area contributed by atoms with Gasteiger partial charge >= 0.3 is 0 Å². The minimum absolute atomic E-state index is 0. The van der Waals surface area contributed by atoms with Gasteiger partial charge in [0, 0.05) is 25.6 Å². The van der Waals surface area contributed by atoms with E-state index >= 15 is 0 Å². The summed E-state index contributed by atoms with van der Waals surface area (Å²) in [5.74, 6) is 0.581. The number of hydrogen-bond acceptors (Lipinski definition) is 3. The van der Waals surface area contributed by atoms with E-state index in [0.717, 1.165) is 51.6 Å². The fourth-order valence-corrected chi connectivity index (χ4v) is 3.40. The van der Waals surface area contributed by atoms with Crippen LogP contribution >= 0.6 is 12.4 Å². The van der Waals surface area contributed by atoms with Gasteiger partial charge in [-0.3, -0.25) is 9.59 Å². The van der Waals surface area contributed by atoms with Crippen molar-refractivity contribution in [3.8, 4) is 0 Å². The molecule has 1 heterocycles. The standard InChI is InChI=1S/C16H29N3O2.ClH/c1-12(2)14(20)18-10-13-6-5-9-19(11-13)15(21)16(17)7-3-4-8-16;/h12-13H,3-11,17H2,1-2H3,(H,18,20);1H. The van der Waals surface area contributed by atoms with Gasteiger partial charge in [0.1, 0.15) is 0 Å². The Morgan fingerprint density at radius 3 is 2.50 bits per heavy atom. The van der Waals surface area contributed by atoms with Gasteiger partial charge in [0.05, 0.1) is 5.54 Å². The van der Waals surface area contributed by atoms with E-state index in [9.17, 15) is 9.59 Å². The summed E-state index contributed by atoms with van der Waals surface area (Å²) in [6.07, 6.45) is 5.83. The fourth-order valence-electron chi connectivity index (χ4n) is 3.40. The van der Waals surface area contributed by atoms with Crippen molar-refractivity contribution >= 4 is 24.2 Å². The Morgan fingerprint density at radius 1 is 1.27 bits per heavy atom. The molecule has 5 nitrogen and oxygen atoms in total. The number of carbonyl (C=O) groups is 2. The van der Waals surface area contributed by atoms with Crippen molar-refractivity contribution < 1.29 is 9.59 Å². The number of piperidine rings is 1. The molecule has 0 aromatic carbocycles. The zero-order chi connectivity index (χ0) is 15.5. The molecular formula is C16H30ClN3O2. The van der Waals surface area contributed by atoms with Crippen molar-refractivity contribution in [2.24, 2.45) is 17.6 Å². The van der Waals surface area contributed by atoms with E-state index in [1.807, 2.05) is 18.7 Å². The van der Waals surface area contributed by atoms with E-state index in [-0.39, 0.29) is 30.1 Å². The highest BCUT2D eigenvalue weighted by atomic mass is 35.5. The van der Waals surface area contributed by atoms with Crippen molar-refractivity contribution in [1.82, 2.24) is 10.2 Å². The molecule has 3 N–H and O–H groups in total. The number of hydrogen-bond donors (Lipinski definition) is 2. The third-order valence-electron chi connectivity index (χ3n) is 4.82. The molecular weight excluding hydrogens is 302 g/mol. The largest absolute Gasteiger partial charge is 0.356 e. The summed E-state index contributed by atoms with van der Waals surface area (Å²) in [6.45, 7) is 6.00. The fraction of sp³-hybridized carbons (Fsp3) is 0.875. The number of amides is 2. The van der Waals surface area contributed by atoms with E-state index in [0.29, 0.717) is 12.5 Å². The zero-order valence-electron chi connectivity index (χ0n) is 13.8. The van der Waals surface area contributed by atoms with Crippen molar-refractivity contribution in [3.05, 3.63) is 0 Å². The first-order valence-electron chi connectivity index (χ1n) is 8.28. The Balaban J connectivity index is 0.00000242. The number of nitrogens with one attached hydrogen (secondary N) is 1. The molecule has 0 bridgehead atoms. The highest BCUT2D eigenvalue weighted by molar-refractivity contribution is 5.86. The van der Waals surface area contributed by atoms with E-state index in [4.69, 9.17) is 5.73 Å². The van der Waals surface area contributed by atoms with Crippen LogP contribution in [0.4, 0.5) is 0 Å². The number of nitrogens with two attached hydrogens (primary N) is 1. The van der Waals surface area contributed by atoms with Gasteiger partial charge in [0.25, 0.3) is 0 Å². The molecule has 6 heteroatoms. The second-order valence-corrected chi connectivity index (χ2v) is 7.02. The molecule has 0 spiro atoms. The Hall–Kier alpha value is -0.810. The van der Waals surface area contributed by atoms with Gasteiger partial charge in [0.15, 0.2) is 0 Å². The van der Waals surface area contributed by atoms with E-state index < -0.39 is 5.54 Å². The van der Waals surface area contributed by atoms with Gasteiger partial charge in [-0.15, -0.1) is 12.4 Å². The Labute approximate surface area is 139 Å². The number of rotatable bonds is 4. The maximum absolute atomic E-state index is 12.6. The third-order valence-corrected chi connectivity index (χ3v) is 4.82. The van der Waals surface area contributed by atoms with Crippen LogP contribution in [0.25, 0.3) is 0 Å². The molecule has 2 aliphatic rings. The van der Waals surface area contributed by atoms with Crippen LogP contribution in [0.3, 0.4) is 0 Å². The van der Waals surface area contributed by atoms with Gasteiger partial charge in [-0.05, 0) is 31.6 Å². The second kappa shape index (κ2) is 8.16. The topological polar surface area (TPSA) is 75.4 Å². The van der Waals surface area contributed by atoms with Crippen LogP contribution in [-0.4, -0.2) is 41.9 Å². The Kier molecular flexibility index (Phi) is 7.13. The normalized spacial score (nSPS) is 24.0. The van der Waals surface area contributed by atoms with Crippen molar-refractivity contribution in [1.29, 1.82) is 0 Å². The summed E-state index contributed by atoms with van der Waals surface area (Å²) in [6, 6.07) is 0. The smallest absolute Gasteiger partial charge is 0.242 e. The minimum atomic E-state index is -0.622. The van der Waals surface area contributed by atoms with Crippen LogP contribution in [-0.2, 0) is 9.59 Å². The van der Waals surface area contributed by atoms with Crippen LogP contribution in [0.1, 0.15) is 52.4 Å². The minimum Gasteiger partial charge on any atom is -0.356 e. The first kappa shape index (κ1) is 19.2. The summed E-state index contributed by atoms with van der Waals surface area (Å²) < 4.78 is 0. The van der Waals surface area contributed by atoms with Crippen molar-refractivity contribution in [3.63, 3.8) is 0 Å². The molecule has 2 fully saturated rings. The average molecular weight is 332 g/mol. The molecule has 0 aromatic heterocycles. The number of likely N-dealkylation sites (tertiary alicyclic amines) is 1. The van der Waals surface area contributed by atoms with Crippen LogP contribution < -0.4 is 11.1 Å². The molecule has 1 atom stereocenters. The second-order valence-electron chi connectivity index (χ2n) is 7.02. The lowest BCUT2D eigenvalue weighted by molar-refractivity contribution is -0.138. The van der Waals surface area contributed by atoms with Crippen LogP contribution in [0.2, 0.25) is 0 Å². The molecule has 22 heavy (non-hydrogen) atoms. The quantitative estimate of drug-likeness (QED) is 0.823. The summed E-state index contributed by atoms with van der Waals surface area (Å²) in [5.41, 5.74) is 5.66. The van der Waals surface area contributed by atoms with Gasteiger partial charge < -0.3 is 16.0 Å². The molecule has 1 unspecified atom stereocenters. The summed E-state index contributed by atoms with van der Waals surface area (Å²) in [4.78, 5) is 26.2. The molecule has 0 radical (unpaired) electrons. The predicted molar refractivity (Wildman–Crippen MR) is 89.8 cm³/mol. The van der Waals surface area contributed by atoms with E-state index in [1.54, 1.807) is 0 Å². The zero-order valence-corrected chi connectivity index (χ0v) is 14.6. The summed E-state index contributed by atoms with van der Waals surface area (Å²) in [5, 5.41) is 2.98. The number of carbonyl (C=O) groups excluding carboxylic acids is 2. The maximum atomic E-state index is 12.6. The third kappa shape index (κ3) is 4.59. The first-order valence-corrected chi connectivity index (χ1v) is 8.28. The molecule has 2 rings (SSSR count). The van der Waals surface area contributed by atoms with Crippen LogP contribution in [0.5, 0.6) is 0 Å². The summed E-state index contributed by atoms with van der Waals surface area (Å²) >= 11 is 0. The highest BCUT2D eigenvalue weighted by Crippen LogP contribution is 2.30. The highest BCUT2D eigenvalue weighted by Gasteiger charge is 2.40. The lowest BCUT2D eigenvalue weighted by Gasteiger charge is -2.37. The first-order chi connectivity index (χ1) is 9.92. The Bertz CT molecular complexity index is 395. The maximum Gasteiger partial charge on any atom is 0.242 e. The molecule has 0 aromatic rings. The van der Waals surface area contributed by atoms with Gasteiger partial charge in [-0.1, -0.05) is 26.7 Å². The molecule has 1 saturated heterocycles. The predicted octanol–water partition coefficient (Wildman–Crippen LogP) is 1.69. The Morgan fingerprint density at radius 2 is 1.91 bits per heavy atom. The van der Waals surface area contributed by atoms with Gasteiger partial charge in [-0.2, -0.15) is 0 Å². The monoisotopic (exact) mass is 331 g/mol. The lowest BCUT2D eigenvalue weighted by Crippen LogP contribution is -2.56. The van der Waals surface area contributed by atoms with Crippen molar-refractivity contribution in [2.75, 3.05) is 19.6 Å². The SMILES string of the molecule is CC(C)C(=O)NCC1CCCN(C(=O)C2(N)CCCC2)C1.Cl. The number of halogens is 1. The van der Waals surface area contributed by atoms with E-state index in [2.05, 4.69) is 5.32 Å². The molecule has 128 valence electrons. The average Bonchev–Trinajstić information content (AvgIpc) is 2.92. The van der Waals surface area contributed by atoms with E-state index in [1.165, 1.54) is 0 Å². The lowest BCUT2D eigenvalue weighted by atomic mass is 9.92. The van der Waals surface area contributed by atoms with Crippen LogP contribution in [0, 0.1) is 11.8 Å². The molecule has 1 aliphatic heterocycles. The number of nitrogens with zero attached hydrogens (tertiary/aromatic N) is 1. The van der Waals surface area contributed by atoms with Crippen molar-refractivity contribution in [2.45, 2.75) is 57.9 Å². The molecule has 1 saturated carbocycles.